The number of rotatable bonds is 6. The number of halogens is 1. The fraction of sp³-hybridized carbons (Fsp3) is 0.269. The predicted octanol–water partition coefficient (Wildman–Crippen LogP) is 6.31. The molecular formula is C26H24ClN3OS. The second-order valence-electron chi connectivity index (χ2n) is 8.01. The molecule has 6 heteroatoms. The third kappa shape index (κ3) is 5.32. The fourth-order valence-electron chi connectivity index (χ4n) is 4.03. The average Bonchev–Trinajstić information content (AvgIpc) is 2.81. The molecule has 0 saturated carbocycles. The van der Waals surface area contributed by atoms with E-state index in [0.29, 0.717) is 28.7 Å². The minimum atomic E-state index is -0.0787. The van der Waals surface area contributed by atoms with E-state index in [9.17, 15) is 10.1 Å². The summed E-state index contributed by atoms with van der Waals surface area (Å²) in [4.78, 5) is 17.2. The number of benzene rings is 2. The van der Waals surface area contributed by atoms with Gasteiger partial charge in [-0.05, 0) is 67.0 Å². The Labute approximate surface area is 198 Å². The van der Waals surface area contributed by atoms with Crippen LogP contribution in [0.25, 0.3) is 0 Å². The molecule has 1 N–H and O–H groups in total. The molecule has 1 amide bonds. The lowest BCUT2D eigenvalue weighted by molar-refractivity contribution is -0.115. The number of aromatic nitrogens is 1. The van der Waals surface area contributed by atoms with Crippen LogP contribution in [0, 0.1) is 18.3 Å². The average molecular weight is 462 g/mol. The zero-order valence-corrected chi connectivity index (χ0v) is 19.5. The van der Waals surface area contributed by atoms with E-state index >= 15 is 0 Å². The standard InChI is InChI=1S/C26H24ClN3OS/c1-17-7-9-22(27)15-24(17)29-25(31)11-12-32-26-21(16-28)14-20-13-19(8-10-23(20)30-26)18-5-3-2-4-6-18/h2-7,9,14-15,19H,8,10-13H2,1H3,(H,29,31). The number of aryl methyl sites for hydroxylation is 2. The van der Waals surface area contributed by atoms with Crippen molar-refractivity contribution in [1.82, 2.24) is 4.98 Å². The van der Waals surface area contributed by atoms with Gasteiger partial charge in [-0.25, -0.2) is 4.98 Å². The molecule has 4 nitrogen and oxygen atoms in total. The lowest BCUT2D eigenvalue weighted by Gasteiger charge is -2.25. The molecule has 1 aliphatic carbocycles. The van der Waals surface area contributed by atoms with Crippen molar-refractivity contribution < 1.29 is 4.79 Å². The quantitative estimate of drug-likeness (QED) is 0.437. The van der Waals surface area contributed by atoms with Crippen molar-refractivity contribution in [2.24, 2.45) is 0 Å². The summed E-state index contributed by atoms with van der Waals surface area (Å²) in [5.41, 5.74) is 5.87. The first-order chi connectivity index (χ1) is 15.5. The minimum Gasteiger partial charge on any atom is -0.326 e. The molecule has 1 unspecified atom stereocenters. The molecule has 3 aromatic rings. The Bertz CT molecular complexity index is 1170. The van der Waals surface area contributed by atoms with E-state index in [1.807, 2.05) is 25.1 Å². The van der Waals surface area contributed by atoms with E-state index in [-0.39, 0.29) is 5.91 Å². The SMILES string of the molecule is Cc1ccc(Cl)cc1NC(=O)CCSc1nc2c(cc1C#N)CC(c1ccccc1)CC2. The molecule has 0 aliphatic heterocycles. The number of anilines is 1. The van der Waals surface area contributed by atoms with Crippen molar-refractivity contribution >= 4 is 35.0 Å². The van der Waals surface area contributed by atoms with Crippen LogP contribution in [0.2, 0.25) is 5.02 Å². The monoisotopic (exact) mass is 461 g/mol. The lowest BCUT2D eigenvalue weighted by Crippen LogP contribution is -2.15. The van der Waals surface area contributed by atoms with Crippen LogP contribution in [-0.4, -0.2) is 16.6 Å². The largest absolute Gasteiger partial charge is 0.326 e. The number of carbonyl (C=O) groups is 1. The van der Waals surface area contributed by atoms with Crippen molar-refractivity contribution in [2.45, 2.75) is 43.6 Å². The Morgan fingerprint density at radius 3 is 2.84 bits per heavy atom. The highest BCUT2D eigenvalue weighted by Gasteiger charge is 2.23. The molecule has 2 aromatic carbocycles. The van der Waals surface area contributed by atoms with E-state index < -0.39 is 0 Å². The summed E-state index contributed by atoms with van der Waals surface area (Å²) >= 11 is 7.49. The van der Waals surface area contributed by atoms with Gasteiger partial charge in [-0.3, -0.25) is 4.79 Å². The first kappa shape index (κ1) is 22.4. The van der Waals surface area contributed by atoms with Gasteiger partial charge < -0.3 is 5.32 Å². The van der Waals surface area contributed by atoms with Crippen LogP contribution in [0.15, 0.2) is 59.6 Å². The van der Waals surface area contributed by atoms with Crippen LogP contribution in [-0.2, 0) is 17.6 Å². The van der Waals surface area contributed by atoms with Crippen LogP contribution < -0.4 is 5.32 Å². The van der Waals surface area contributed by atoms with Crippen molar-refractivity contribution in [3.8, 4) is 6.07 Å². The summed E-state index contributed by atoms with van der Waals surface area (Å²) in [5.74, 6) is 0.942. The van der Waals surface area contributed by atoms with E-state index in [2.05, 4.69) is 35.7 Å². The van der Waals surface area contributed by atoms with Crippen molar-refractivity contribution in [3.05, 3.63) is 87.6 Å². The Kier molecular flexibility index (Phi) is 7.14. The first-order valence-electron chi connectivity index (χ1n) is 10.7. The smallest absolute Gasteiger partial charge is 0.225 e. The van der Waals surface area contributed by atoms with E-state index in [4.69, 9.17) is 16.6 Å². The zero-order valence-electron chi connectivity index (χ0n) is 17.9. The van der Waals surface area contributed by atoms with Crippen molar-refractivity contribution in [1.29, 1.82) is 5.26 Å². The molecule has 1 aliphatic rings. The number of nitriles is 1. The fourth-order valence-corrected chi connectivity index (χ4v) is 5.12. The Balaban J connectivity index is 1.39. The van der Waals surface area contributed by atoms with Gasteiger partial charge in [0.25, 0.3) is 0 Å². The number of amides is 1. The first-order valence-corrected chi connectivity index (χ1v) is 12.1. The summed E-state index contributed by atoms with van der Waals surface area (Å²) in [7, 11) is 0. The van der Waals surface area contributed by atoms with Gasteiger partial charge in [0.1, 0.15) is 11.1 Å². The van der Waals surface area contributed by atoms with Crippen LogP contribution in [0.4, 0.5) is 5.69 Å². The molecule has 162 valence electrons. The normalized spacial score (nSPS) is 15.0. The van der Waals surface area contributed by atoms with Gasteiger partial charge in [-0.2, -0.15) is 5.26 Å². The molecule has 1 atom stereocenters. The third-order valence-electron chi connectivity index (χ3n) is 5.79. The lowest BCUT2D eigenvalue weighted by atomic mass is 9.82. The summed E-state index contributed by atoms with van der Waals surface area (Å²) in [6, 6.07) is 20.3. The Hall–Kier alpha value is -2.81. The molecule has 0 saturated heterocycles. The van der Waals surface area contributed by atoms with Gasteiger partial charge >= 0.3 is 0 Å². The molecule has 0 fully saturated rings. The van der Waals surface area contributed by atoms with Gasteiger partial charge in [-0.15, -0.1) is 11.8 Å². The van der Waals surface area contributed by atoms with Crippen molar-refractivity contribution in [3.63, 3.8) is 0 Å². The molecule has 0 spiro atoms. The van der Waals surface area contributed by atoms with Crippen LogP contribution in [0.5, 0.6) is 0 Å². The van der Waals surface area contributed by atoms with Gasteiger partial charge in [0.2, 0.25) is 5.91 Å². The second kappa shape index (κ2) is 10.2. The number of nitrogens with zero attached hydrogens (tertiary/aromatic N) is 2. The summed E-state index contributed by atoms with van der Waals surface area (Å²) in [5, 5.41) is 13.9. The second-order valence-corrected chi connectivity index (χ2v) is 9.54. The highest BCUT2D eigenvalue weighted by molar-refractivity contribution is 7.99. The maximum Gasteiger partial charge on any atom is 0.225 e. The number of thioether (sulfide) groups is 1. The number of hydrogen-bond donors (Lipinski definition) is 1. The minimum absolute atomic E-state index is 0.0787. The van der Waals surface area contributed by atoms with Crippen molar-refractivity contribution in [2.75, 3.05) is 11.1 Å². The van der Waals surface area contributed by atoms with E-state index in [1.54, 1.807) is 12.1 Å². The van der Waals surface area contributed by atoms with Gasteiger partial charge in [0, 0.05) is 28.6 Å². The number of carbonyl (C=O) groups excluding carboxylic acids is 1. The Morgan fingerprint density at radius 2 is 2.06 bits per heavy atom. The van der Waals surface area contributed by atoms with E-state index in [1.165, 1.54) is 22.9 Å². The van der Waals surface area contributed by atoms with Gasteiger partial charge in [0.05, 0.1) is 5.56 Å². The maximum absolute atomic E-state index is 12.4. The highest BCUT2D eigenvalue weighted by Crippen LogP contribution is 2.34. The third-order valence-corrected chi connectivity index (χ3v) is 7.01. The zero-order chi connectivity index (χ0) is 22.5. The molecule has 0 bridgehead atoms. The van der Waals surface area contributed by atoms with Crippen LogP contribution in [0.1, 0.15) is 46.7 Å². The molecule has 1 heterocycles. The predicted molar refractivity (Wildman–Crippen MR) is 130 cm³/mol. The number of nitrogens with one attached hydrogen (secondary N) is 1. The maximum atomic E-state index is 12.4. The number of fused-ring (bicyclic) bond motifs is 1. The van der Waals surface area contributed by atoms with Gasteiger partial charge in [0.15, 0.2) is 0 Å². The molecule has 1 aromatic heterocycles. The van der Waals surface area contributed by atoms with E-state index in [0.717, 1.165) is 41.2 Å². The highest BCUT2D eigenvalue weighted by atomic mass is 35.5. The number of hydrogen-bond acceptors (Lipinski definition) is 4. The molecule has 32 heavy (non-hydrogen) atoms. The topological polar surface area (TPSA) is 65.8 Å². The summed E-state index contributed by atoms with van der Waals surface area (Å²) in [6.45, 7) is 1.93. The molecular weight excluding hydrogens is 438 g/mol. The van der Waals surface area contributed by atoms with Crippen LogP contribution >= 0.6 is 23.4 Å². The molecule has 0 radical (unpaired) electrons. The summed E-state index contributed by atoms with van der Waals surface area (Å²) < 4.78 is 0. The molecule has 4 rings (SSSR count). The Morgan fingerprint density at radius 1 is 1.25 bits per heavy atom. The number of pyridine rings is 1. The van der Waals surface area contributed by atoms with Gasteiger partial charge in [-0.1, -0.05) is 48.0 Å². The van der Waals surface area contributed by atoms with Crippen LogP contribution in [0.3, 0.4) is 0 Å². The summed E-state index contributed by atoms with van der Waals surface area (Å²) in [6.07, 6.45) is 3.20.